The second-order valence-corrected chi connectivity index (χ2v) is 10.9. The fraction of sp³-hybridized carbons (Fsp3) is 0. The van der Waals surface area contributed by atoms with Gasteiger partial charge in [0.15, 0.2) is 0 Å². The van der Waals surface area contributed by atoms with E-state index in [1.165, 1.54) is 0 Å². The molecule has 7 rings (SSSR count). The molecule has 1 aromatic heterocycles. The second-order valence-electron chi connectivity index (χ2n) is 10.9. The van der Waals surface area contributed by atoms with E-state index < -0.39 is 0 Å². The molecule has 0 atom stereocenters. The maximum Gasteiger partial charge on any atom is 0.137 e. The maximum atomic E-state index is 6.41. The summed E-state index contributed by atoms with van der Waals surface area (Å²) in [6.07, 6.45) is 5.57. The zero-order valence-corrected chi connectivity index (χ0v) is 24.9. The van der Waals surface area contributed by atoms with Gasteiger partial charge in [0, 0.05) is 45.3 Å². The number of furan rings is 1. The van der Waals surface area contributed by atoms with Crippen LogP contribution in [0.5, 0.6) is 0 Å². The van der Waals surface area contributed by atoms with Gasteiger partial charge in [-0.15, -0.1) is 0 Å². The van der Waals surface area contributed by atoms with Crippen LogP contribution in [0.15, 0.2) is 158 Å². The number of rotatable bonds is 9. The van der Waals surface area contributed by atoms with E-state index >= 15 is 0 Å². The van der Waals surface area contributed by atoms with E-state index in [1.54, 1.807) is 0 Å². The number of hydrogen-bond acceptors (Lipinski definition) is 3. The normalized spacial score (nSPS) is 10.9. The van der Waals surface area contributed by atoms with Crippen LogP contribution in [-0.4, -0.2) is 0 Å². The quantitative estimate of drug-likeness (QED) is 0.184. The van der Waals surface area contributed by atoms with Crippen LogP contribution in [0.3, 0.4) is 0 Å². The van der Waals surface area contributed by atoms with Crippen LogP contribution in [-0.2, 0) is 0 Å². The Balaban J connectivity index is 1.30. The van der Waals surface area contributed by atoms with Gasteiger partial charge >= 0.3 is 0 Å². The number of anilines is 5. The first-order chi connectivity index (χ1) is 22.1. The third-order valence-corrected chi connectivity index (χ3v) is 8.12. The van der Waals surface area contributed by atoms with Crippen molar-refractivity contribution in [3.8, 4) is 11.1 Å². The lowest BCUT2D eigenvalue weighted by Gasteiger charge is -2.26. The molecule has 3 heteroatoms. The smallest absolute Gasteiger partial charge is 0.137 e. The summed E-state index contributed by atoms with van der Waals surface area (Å²) in [5, 5.41) is 5.67. The van der Waals surface area contributed by atoms with Gasteiger partial charge in [0.25, 0.3) is 0 Å². The third kappa shape index (κ3) is 5.44. The first kappa shape index (κ1) is 27.8. The Hall–Kier alpha value is -6.06. The molecule has 3 nitrogen and oxygen atoms in total. The Bertz CT molecular complexity index is 2120. The molecule has 45 heavy (non-hydrogen) atoms. The minimum atomic E-state index is 0.840. The van der Waals surface area contributed by atoms with Crippen LogP contribution in [0.2, 0.25) is 0 Å². The molecular formula is C42H32N2O. The van der Waals surface area contributed by atoms with Gasteiger partial charge in [-0.05, 0) is 94.5 Å². The van der Waals surface area contributed by atoms with Gasteiger partial charge in [0.1, 0.15) is 11.2 Å². The lowest BCUT2D eigenvalue weighted by Crippen LogP contribution is -2.10. The van der Waals surface area contributed by atoms with E-state index in [1.807, 2.05) is 36.4 Å². The van der Waals surface area contributed by atoms with Crippen molar-refractivity contribution in [2.24, 2.45) is 0 Å². The Morgan fingerprint density at radius 1 is 0.511 bits per heavy atom. The molecule has 6 aromatic carbocycles. The highest BCUT2D eigenvalue weighted by Crippen LogP contribution is 2.41. The highest BCUT2D eigenvalue weighted by Gasteiger charge is 2.17. The lowest BCUT2D eigenvalue weighted by atomic mass is 9.98. The predicted molar refractivity (Wildman–Crippen MR) is 194 cm³/mol. The molecule has 1 N–H and O–H groups in total. The van der Waals surface area contributed by atoms with Gasteiger partial charge in [-0.25, -0.2) is 0 Å². The summed E-state index contributed by atoms with van der Waals surface area (Å²) < 4.78 is 6.41. The Kier molecular flexibility index (Phi) is 7.34. The zero-order chi connectivity index (χ0) is 30.8. The number of fused-ring (bicyclic) bond motifs is 3. The first-order valence-corrected chi connectivity index (χ1v) is 14.9. The van der Waals surface area contributed by atoms with Crippen LogP contribution in [0.4, 0.5) is 28.4 Å². The topological polar surface area (TPSA) is 28.4 Å². The molecule has 0 saturated carbocycles. The van der Waals surface area contributed by atoms with Crippen LogP contribution in [0, 0.1) is 0 Å². The second kappa shape index (κ2) is 11.9. The van der Waals surface area contributed by atoms with E-state index in [2.05, 4.69) is 145 Å². The van der Waals surface area contributed by atoms with E-state index in [4.69, 9.17) is 4.42 Å². The summed E-state index contributed by atoms with van der Waals surface area (Å²) in [5.41, 5.74) is 12.4. The van der Waals surface area contributed by atoms with Gasteiger partial charge in [-0.1, -0.05) is 98.6 Å². The molecule has 0 fully saturated rings. The van der Waals surface area contributed by atoms with E-state index in [0.29, 0.717) is 0 Å². The van der Waals surface area contributed by atoms with Crippen molar-refractivity contribution < 1.29 is 4.42 Å². The SMILES string of the molecule is C=Cc1ccc(Nc2ccc3c(c2)oc2cccc(-c4cccc(N(c5ccc(C=C)cc5)c5ccc(C=C)cc5)c4)c23)cc1. The van der Waals surface area contributed by atoms with Gasteiger partial charge in [0.05, 0.1) is 0 Å². The molecular weight excluding hydrogens is 548 g/mol. The lowest BCUT2D eigenvalue weighted by molar-refractivity contribution is 0.669. The van der Waals surface area contributed by atoms with Crippen LogP contribution < -0.4 is 10.2 Å². The van der Waals surface area contributed by atoms with Crippen molar-refractivity contribution in [2.45, 2.75) is 0 Å². The minimum absolute atomic E-state index is 0.840. The molecule has 0 saturated heterocycles. The molecule has 0 radical (unpaired) electrons. The molecule has 0 aliphatic carbocycles. The number of nitrogens with zero attached hydrogens (tertiary/aromatic N) is 1. The van der Waals surface area contributed by atoms with Crippen molar-refractivity contribution >= 4 is 68.6 Å². The van der Waals surface area contributed by atoms with Crippen molar-refractivity contribution in [3.05, 3.63) is 170 Å². The third-order valence-electron chi connectivity index (χ3n) is 8.12. The summed E-state index contributed by atoms with van der Waals surface area (Å²) in [6.45, 7) is 11.7. The molecule has 216 valence electrons. The van der Waals surface area contributed by atoms with E-state index in [0.717, 1.165) is 78.2 Å². The average Bonchev–Trinajstić information content (AvgIpc) is 3.47. The number of benzene rings is 6. The number of hydrogen-bond donors (Lipinski definition) is 1. The van der Waals surface area contributed by atoms with Crippen LogP contribution in [0.25, 0.3) is 51.3 Å². The Labute approximate surface area is 263 Å². The van der Waals surface area contributed by atoms with Gasteiger partial charge in [0.2, 0.25) is 0 Å². The molecule has 1 heterocycles. The summed E-state index contributed by atoms with van der Waals surface area (Å²) in [4.78, 5) is 2.27. The highest BCUT2D eigenvalue weighted by molar-refractivity contribution is 6.13. The highest BCUT2D eigenvalue weighted by atomic mass is 16.3. The van der Waals surface area contributed by atoms with E-state index in [9.17, 15) is 0 Å². The van der Waals surface area contributed by atoms with Crippen molar-refractivity contribution in [1.29, 1.82) is 0 Å². The average molecular weight is 581 g/mol. The zero-order valence-electron chi connectivity index (χ0n) is 24.9. The van der Waals surface area contributed by atoms with Crippen molar-refractivity contribution in [2.75, 3.05) is 10.2 Å². The van der Waals surface area contributed by atoms with Crippen LogP contribution >= 0.6 is 0 Å². The Morgan fingerprint density at radius 3 is 1.71 bits per heavy atom. The van der Waals surface area contributed by atoms with Gasteiger partial charge in [-0.2, -0.15) is 0 Å². The largest absolute Gasteiger partial charge is 0.456 e. The fourth-order valence-corrected chi connectivity index (χ4v) is 5.79. The van der Waals surface area contributed by atoms with Gasteiger partial charge in [-0.3, -0.25) is 0 Å². The summed E-state index contributed by atoms with van der Waals surface area (Å²) in [7, 11) is 0. The maximum absolute atomic E-state index is 6.41. The minimum Gasteiger partial charge on any atom is -0.456 e. The Morgan fingerprint density at radius 2 is 1.09 bits per heavy atom. The van der Waals surface area contributed by atoms with Gasteiger partial charge < -0.3 is 14.6 Å². The molecule has 0 aliphatic heterocycles. The fourth-order valence-electron chi connectivity index (χ4n) is 5.79. The molecule has 0 bridgehead atoms. The standard InChI is InChI=1S/C42H32N2O/c1-4-29-13-19-33(20-14-29)43-34-21-26-39-41(28-34)45-40-12-8-11-38(42(39)40)32-9-7-10-37(27-32)44(35-22-15-30(5-2)16-23-35)36-24-17-31(6-3)18-25-36/h4-28,43H,1-3H2. The summed E-state index contributed by atoms with van der Waals surface area (Å²) in [6, 6.07) is 46.4. The van der Waals surface area contributed by atoms with Crippen molar-refractivity contribution in [3.63, 3.8) is 0 Å². The predicted octanol–water partition coefficient (Wildman–Crippen LogP) is 12.4. The molecule has 0 amide bonds. The van der Waals surface area contributed by atoms with Crippen LogP contribution in [0.1, 0.15) is 16.7 Å². The molecule has 0 spiro atoms. The molecule has 0 aliphatic rings. The van der Waals surface area contributed by atoms with Crippen molar-refractivity contribution in [1.82, 2.24) is 0 Å². The molecule has 0 unspecified atom stereocenters. The number of nitrogens with one attached hydrogen (secondary N) is 1. The molecule has 7 aromatic rings. The van der Waals surface area contributed by atoms with E-state index in [-0.39, 0.29) is 0 Å². The first-order valence-electron chi connectivity index (χ1n) is 14.9. The summed E-state index contributed by atoms with van der Waals surface area (Å²) >= 11 is 0. The summed E-state index contributed by atoms with van der Waals surface area (Å²) in [5.74, 6) is 0. The monoisotopic (exact) mass is 580 g/mol.